The Labute approximate surface area is 163 Å². The van der Waals surface area contributed by atoms with Crippen molar-refractivity contribution in [3.8, 4) is 0 Å². The molecule has 1 aromatic heterocycles. The van der Waals surface area contributed by atoms with E-state index in [1.165, 1.54) is 22.9 Å². The van der Waals surface area contributed by atoms with Gasteiger partial charge in [-0.1, -0.05) is 60.7 Å². The van der Waals surface area contributed by atoms with Crippen LogP contribution in [-0.4, -0.2) is 45.7 Å². The van der Waals surface area contributed by atoms with Crippen LogP contribution in [0.5, 0.6) is 0 Å². The molecule has 138 valence electrons. The zero-order valence-corrected chi connectivity index (χ0v) is 15.9. The monoisotopic (exact) mass is 378 g/mol. The summed E-state index contributed by atoms with van der Waals surface area (Å²) in [6.07, 6.45) is 2.29. The van der Waals surface area contributed by atoms with E-state index in [9.17, 15) is 4.79 Å². The molecule has 2 aromatic carbocycles. The lowest BCUT2D eigenvalue weighted by atomic mass is 9.88. The van der Waals surface area contributed by atoms with Crippen molar-refractivity contribution in [2.24, 2.45) is 0 Å². The van der Waals surface area contributed by atoms with Gasteiger partial charge in [-0.05, 0) is 11.1 Å². The predicted octanol–water partition coefficient (Wildman–Crippen LogP) is 3.41. The van der Waals surface area contributed by atoms with E-state index in [-0.39, 0.29) is 11.8 Å². The molecule has 1 saturated heterocycles. The van der Waals surface area contributed by atoms with Crippen LogP contribution in [0, 0.1) is 0 Å². The highest BCUT2D eigenvalue weighted by Crippen LogP contribution is 2.29. The van der Waals surface area contributed by atoms with Crippen molar-refractivity contribution in [3.63, 3.8) is 0 Å². The number of amides is 1. The first kappa shape index (κ1) is 17.7. The van der Waals surface area contributed by atoms with Gasteiger partial charge in [0, 0.05) is 38.5 Å². The van der Waals surface area contributed by atoms with Gasteiger partial charge in [0.2, 0.25) is 5.91 Å². The minimum absolute atomic E-state index is 0.0840. The number of rotatable bonds is 5. The fourth-order valence-electron chi connectivity index (χ4n) is 3.59. The van der Waals surface area contributed by atoms with E-state index in [1.54, 1.807) is 6.20 Å². The van der Waals surface area contributed by atoms with Crippen molar-refractivity contribution in [2.45, 2.75) is 12.3 Å². The molecule has 0 radical (unpaired) electrons. The molecule has 5 nitrogen and oxygen atoms in total. The molecular formula is C21H22N4OS. The summed E-state index contributed by atoms with van der Waals surface area (Å²) in [5.74, 6) is 1.21. The molecule has 3 aromatic rings. The largest absolute Gasteiger partial charge is 0.351 e. The summed E-state index contributed by atoms with van der Waals surface area (Å²) in [7, 11) is 0. The molecule has 6 heteroatoms. The summed E-state index contributed by atoms with van der Waals surface area (Å²) < 4.78 is 8.36. The standard InChI is InChI=1S/C21H22N4OS/c26-21(25-13-11-24(12-14-25)20-16-22-27-23-20)15-19(17-7-3-1-4-8-17)18-9-5-2-6-10-18/h1-10,16,19H,11-15H2. The van der Waals surface area contributed by atoms with E-state index < -0.39 is 0 Å². The second-order valence-electron chi connectivity index (χ2n) is 6.71. The second-order valence-corrected chi connectivity index (χ2v) is 7.27. The number of hydrogen-bond acceptors (Lipinski definition) is 5. The lowest BCUT2D eigenvalue weighted by molar-refractivity contribution is -0.131. The van der Waals surface area contributed by atoms with Crippen LogP contribution in [0.4, 0.5) is 5.82 Å². The normalized spacial score (nSPS) is 14.6. The van der Waals surface area contributed by atoms with E-state index >= 15 is 0 Å². The fraction of sp³-hybridized carbons (Fsp3) is 0.286. The Hall–Kier alpha value is -2.73. The van der Waals surface area contributed by atoms with Gasteiger partial charge >= 0.3 is 0 Å². The summed E-state index contributed by atoms with van der Waals surface area (Å²) >= 11 is 1.22. The Morgan fingerprint density at radius 2 is 1.52 bits per heavy atom. The molecule has 1 amide bonds. The Kier molecular flexibility index (Phi) is 5.44. The number of benzene rings is 2. The molecule has 1 fully saturated rings. The molecule has 0 saturated carbocycles. The number of piperazine rings is 1. The SMILES string of the molecule is O=C(CC(c1ccccc1)c1ccccc1)N1CCN(c2cnsn2)CC1. The van der Waals surface area contributed by atoms with Crippen LogP contribution in [0.15, 0.2) is 66.9 Å². The van der Waals surface area contributed by atoms with Gasteiger partial charge in [-0.15, -0.1) is 0 Å². The third-order valence-corrected chi connectivity index (χ3v) is 5.56. The quantitative estimate of drug-likeness (QED) is 0.683. The summed E-state index contributed by atoms with van der Waals surface area (Å²) in [4.78, 5) is 17.2. The number of carbonyl (C=O) groups is 1. The fourth-order valence-corrected chi connectivity index (χ4v) is 4.02. The van der Waals surface area contributed by atoms with Crippen LogP contribution in [-0.2, 0) is 4.79 Å². The lowest BCUT2D eigenvalue weighted by Crippen LogP contribution is -2.49. The van der Waals surface area contributed by atoms with Crippen LogP contribution < -0.4 is 4.90 Å². The lowest BCUT2D eigenvalue weighted by Gasteiger charge is -2.35. The van der Waals surface area contributed by atoms with Crippen molar-refractivity contribution in [1.29, 1.82) is 0 Å². The van der Waals surface area contributed by atoms with E-state index in [1.807, 2.05) is 41.3 Å². The first-order chi connectivity index (χ1) is 13.3. The topological polar surface area (TPSA) is 49.3 Å². The Morgan fingerprint density at radius 1 is 0.926 bits per heavy atom. The van der Waals surface area contributed by atoms with Crippen LogP contribution in [0.1, 0.15) is 23.5 Å². The van der Waals surface area contributed by atoms with Crippen molar-refractivity contribution in [1.82, 2.24) is 13.6 Å². The second kappa shape index (κ2) is 8.31. The van der Waals surface area contributed by atoms with Gasteiger partial charge in [0.1, 0.15) is 0 Å². The van der Waals surface area contributed by atoms with Crippen LogP contribution in [0.3, 0.4) is 0 Å². The Bertz CT molecular complexity index is 807. The first-order valence-electron chi connectivity index (χ1n) is 9.21. The van der Waals surface area contributed by atoms with Gasteiger partial charge in [-0.2, -0.15) is 8.75 Å². The molecule has 0 spiro atoms. The molecule has 1 aliphatic rings. The van der Waals surface area contributed by atoms with Gasteiger partial charge in [0.25, 0.3) is 0 Å². The third kappa shape index (κ3) is 4.17. The Balaban J connectivity index is 1.45. The van der Waals surface area contributed by atoms with Crippen LogP contribution >= 0.6 is 11.7 Å². The first-order valence-corrected chi connectivity index (χ1v) is 9.94. The molecule has 0 N–H and O–H groups in total. The maximum atomic E-state index is 13.0. The molecule has 0 unspecified atom stereocenters. The molecule has 1 aliphatic heterocycles. The van der Waals surface area contributed by atoms with E-state index in [0.29, 0.717) is 6.42 Å². The van der Waals surface area contributed by atoms with Gasteiger partial charge in [0.15, 0.2) is 5.82 Å². The Morgan fingerprint density at radius 3 is 2.04 bits per heavy atom. The van der Waals surface area contributed by atoms with Gasteiger partial charge in [-0.25, -0.2) is 0 Å². The van der Waals surface area contributed by atoms with Gasteiger partial charge in [-0.3, -0.25) is 4.79 Å². The van der Waals surface area contributed by atoms with Gasteiger partial charge < -0.3 is 9.80 Å². The third-order valence-electron chi connectivity index (χ3n) is 5.09. The summed E-state index contributed by atoms with van der Waals surface area (Å²) in [6, 6.07) is 20.6. The molecule has 27 heavy (non-hydrogen) atoms. The molecule has 0 bridgehead atoms. The van der Waals surface area contributed by atoms with Crippen molar-refractivity contribution in [2.75, 3.05) is 31.1 Å². The van der Waals surface area contributed by atoms with E-state index in [0.717, 1.165) is 32.0 Å². The predicted molar refractivity (Wildman–Crippen MR) is 108 cm³/mol. The summed E-state index contributed by atoms with van der Waals surface area (Å²) in [5.41, 5.74) is 2.37. The zero-order chi connectivity index (χ0) is 18.5. The molecule has 0 aliphatic carbocycles. The van der Waals surface area contributed by atoms with E-state index in [4.69, 9.17) is 0 Å². The number of hydrogen-bond donors (Lipinski definition) is 0. The number of nitrogens with zero attached hydrogens (tertiary/aromatic N) is 4. The van der Waals surface area contributed by atoms with E-state index in [2.05, 4.69) is 37.9 Å². The zero-order valence-electron chi connectivity index (χ0n) is 15.1. The van der Waals surface area contributed by atoms with Crippen LogP contribution in [0.25, 0.3) is 0 Å². The minimum atomic E-state index is 0.0840. The number of anilines is 1. The summed E-state index contributed by atoms with van der Waals surface area (Å²) in [5, 5.41) is 0. The summed E-state index contributed by atoms with van der Waals surface area (Å²) in [6.45, 7) is 3.07. The smallest absolute Gasteiger partial charge is 0.223 e. The molecular weight excluding hydrogens is 356 g/mol. The highest BCUT2D eigenvalue weighted by molar-refractivity contribution is 6.99. The van der Waals surface area contributed by atoms with Crippen molar-refractivity contribution < 1.29 is 4.79 Å². The molecule has 4 rings (SSSR count). The van der Waals surface area contributed by atoms with Crippen LogP contribution in [0.2, 0.25) is 0 Å². The highest BCUT2D eigenvalue weighted by Gasteiger charge is 2.25. The van der Waals surface area contributed by atoms with Crippen molar-refractivity contribution in [3.05, 3.63) is 78.0 Å². The number of carbonyl (C=O) groups excluding carboxylic acids is 1. The molecule has 0 atom stereocenters. The van der Waals surface area contributed by atoms with Gasteiger partial charge in [0.05, 0.1) is 17.9 Å². The average Bonchev–Trinajstić information content (AvgIpc) is 3.28. The number of aromatic nitrogens is 2. The maximum absolute atomic E-state index is 13.0. The highest BCUT2D eigenvalue weighted by atomic mass is 32.1. The maximum Gasteiger partial charge on any atom is 0.223 e. The minimum Gasteiger partial charge on any atom is -0.351 e. The molecule has 2 heterocycles. The van der Waals surface area contributed by atoms with Crippen molar-refractivity contribution >= 4 is 23.5 Å². The average molecular weight is 379 g/mol.